The molecule has 0 amide bonds. The van der Waals surface area contributed by atoms with Gasteiger partial charge in [0.2, 0.25) is 0 Å². The molecule has 0 bridgehead atoms. The van der Waals surface area contributed by atoms with Crippen LogP contribution in [0.1, 0.15) is 0 Å². The molecule has 0 spiro atoms. The van der Waals surface area contributed by atoms with E-state index in [0.717, 1.165) is 0 Å². The molecule has 66 valence electrons. The lowest BCUT2D eigenvalue weighted by Crippen LogP contribution is -1.96. The van der Waals surface area contributed by atoms with E-state index in [1.165, 1.54) is 6.07 Å². The molecule has 0 aliphatic rings. The van der Waals surface area contributed by atoms with E-state index in [1.807, 2.05) is 0 Å². The second-order valence-electron chi connectivity index (χ2n) is 2.79. The minimum absolute atomic E-state index is 0.314. The number of aromatic nitrogens is 2. The van der Waals surface area contributed by atoms with E-state index in [1.54, 1.807) is 30.1 Å². The molecule has 0 unspecified atom stereocenters. The van der Waals surface area contributed by atoms with Gasteiger partial charge in [0.15, 0.2) is 0 Å². The number of rotatable bonds is 0. The van der Waals surface area contributed by atoms with Gasteiger partial charge < -0.3 is 4.57 Å². The Balaban J connectivity index is 3.06. The van der Waals surface area contributed by atoms with Crippen LogP contribution in [0.15, 0.2) is 24.5 Å². The molecule has 0 atom stereocenters. The summed E-state index contributed by atoms with van der Waals surface area (Å²) in [5.74, 6) is -0.314. The molecular weight excluding hydrogens is 187 g/mol. The van der Waals surface area contributed by atoms with Gasteiger partial charge in [0.05, 0.1) is 17.2 Å². The topological polar surface area (TPSA) is 17.8 Å². The highest BCUT2D eigenvalue weighted by Gasteiger charge is 2.03. The number of halogens is 1. The number of hydrogen-bond donors (Lipinski definition) is 0. The third-order valence-electron chi connectivity index (χ3n) is 1.90. The van der Waals surface area contributed by atoms with Crippen molar-refractivity contribution in [2.75, 3.05) is 0 Å². The van der Waals surface area contributed by atoms with E-state index in [4.69, 9.17) is 12.2 Å². The predicted octanol–water partition coefficient (Wildman–Crippen LogP) is 2.44. The third-order valence-corrected chi connectivity index (χ3v) is 2.39. The molecule has 0 radical (unpaired) electrons. The summed E-state index contributed by atoms with van der Waals surface area (Å²) >= 11 is 5.07. The normalized spacial score (nSPS) is 10.6. The van der Waals surface area contributed by atoms with E-state index in [0.29, 0.717) is 15.5 Å². The second kappa shape index (κ2) is 2.88. The Morgan fingerprint density at radius 3 is 3.00 bits per heavy atom. The molecule has 0 N–H and O–H groups in total. The average Bonchev–Trinajstić information content (AvgIpc) is 2.12. The van der Waals surface area contributed by atoms with Crippen LogP contribution >= 0.6 is 12.2 Å². The Morgan fingerprint density at radius 2 is 2.23 bits per heavy atom. The zero-order valence-corrected chi connectivity index (χ0v) is 7.81. The summed E-state index contributed by atoms with van der Waals surface area (Å²) in [6.07, 6.45) is 1.59. The Bertz CT molecular complexity index is 518. The van der Waals surface area contributed by atoms with Crippen molar-refractivity contribution in [2.24, 2.45) is 7.05 Å². The van der Waals surface area contributed by atoms with Gasteiger partial charge in [-0.25, -0.2) is 9.37 Å². The maximum absolute atomic E-state index is 13.3. The van der Waals surface area contributed by atoms with Gasteiger partial charge in [0.1, 0.15) is 10.5 Å². The van der Waals surface area contributed by atoms with Crippen LogP contribution in [0, 0.1) is 10.5 Å². The molecule has 0 fully saturated rings. The van der Waals surface area contributed by atoms with Gasteiger partial charge in [0.25, 0.3) is 0 Å². The first-order chi connectivity index (χ1) is 6.20. The summed E-state index contributed by atoms with van der Waals surface area (Å²) in [7, 11) is 1.75. The van der Waals surface area contributed by atoms with Gasteiger partial charge in [-0.1, -0.05) is 18.3 Å². The summed E-state index contributed by atoms with van der Waals surface area (Å²) in [6, 6.07) is 4.76. The molecule has 1 heterocycles. The highest BCUT2D eigenvalue weighted by atomic mass is 32.1. The lowest BCUT2D eigenvalue weighted by molar-refractivity contribution is 0.637. The van der Waals surface area contributed by atoms with E-state index in [-0.39, 0.29) is 5.82 Å². The summed E-state index contributed by atoms with van der Waals surface area (Å²) in [5, 5.41) is 0.419. The minimum Gasteiger partial charge on any atom is -0.326 e. The smallest absolute Gasteiger partial charge is 0.135 e. The van der Waals surface area contributed by atoms with E-state index >= 15 is 0 Å². The van der Waals surface area contributed by atoms with Crippen molar-refractivity contribution in [3.05, 3.63) is 35.0 Å². The van der Waals surface area contributed by atoms with Gasteiger partial charge in [-0.2, -0.15) is 0 Å². The molecule has 1 aromatic heterocycles. The third kappa shape index (κ3) is 1.23. The number of nitrogens with zero attached hydrogens (tertiary/aromatic N) is 2. The number of aryl methyl sites for hydroxylation is 1. The molecule has 2 nitrogen and oxygen atoms in total. The van der Waals surface area contributed by atoms with Gasteiger partial charge >= 0.3 is 0 Å². The van der Waals surface area contributed by atoms with Crippen LogP contribution in [-0.4, -0.2) is 9.55 Å². The lowest BCUT2D eigenvalue weighted by atomic mass is 10.2. The molecule has 13 heavy (non-hydrogen) atoms. The van der Waals surface area contributed by atoms with Crippen molar-refractivity contribution in [2.45, 2.75) is 0 Å². The molecule has 0 aliphatic heterocycles. The molecular formula is C9H7FN2S. The molecule has 0 saturated carbocycles. The molecule has 0 saturated heterocycles. The standard InChI is InChI=1S/C9H7FN2S/c1-12-5-11-7-4-2-3-6(10)8(7)9(12)13/h2-5H,1H3. The van der Waals surface area contributed by atoms with Crippen LogP contribution in [0.3, 0.4) is 0 Å². The van der Waals surface area contributed by atoms with Gasteiger partial charge in [-0.05, 0) is 12.1 Å². The fourth-order valence-electron chi connectivity index (χ4n) is 1.21. The van der Waals surface area contributed by atoms with E-state index < -0.39 is 0 Å². The van der Waals surface area contributed by atoms with Crippen LogP contribution in [0.25, 0.3) is 10.9 Å². The maximum atomic E-state index is 13.3. The molecule has 0 aliphatic carbocycles. The molecule has 2 aromatic rings. The second-order valence-corrected chi connectivity index (χ2v) is 3.18. The summed E-state index contributed by atoms with van der Waals surface area (Å²) in [6.45, 7) is 0. The molecule has 1 aromatic carbocycles. The van der Waals surface area contributed by atoms with Crippen LogP contribution in [0.4, 0.5) is 4.39 Å². The number of benzene rings is 1. The Morgan fingerprint density at radius 1 is 1.46 bits per heavy atom. The van der Waals surface area contributed by atoms with Crippen LogP contribution in [-0.2, 0) is 7.05 Å². The van der Waals surface area contributed by atoms with Crippen molar-refractivity contribution >= 4 is 23.1 Å². The summed E-state index contributed by atoms with van der Waals surface area (Å²) < 4.78 is 15.4. The quantitative estimate of drug-likeness (QED) is 0.599. The fourth-order valence-corrected chi connectivity index (χ4v) is 1.46. The predicted molar refractivity (Wildman–Crippen MR) is 51.5 cm³/mol. The fraction of sp³-hybridized carbons (Fsp3) is 0.111. The minimum atomic E-state index is -0.314. The largest absolute Gasteiger partial charge is 0.326 e. The number of fused-ring (bicyclic) bond motifs is 1. The zero-order chi connectivity index (χ0) is 9.42. The number of hydrogen-bond acceptors (Lipinski definition) is 2. The van der Waals surface area contributed by atoms with Gasteiger partial charge in [-0.3, -0.25) is 0 Å². The van der Waals surface area contributed by atoms with Crippen molar-refractivity contribution < 1.29 is 4.39 Å². The van der Waals surface area contributed by atoms with Crippen molar-refractivity contribution in [3.63, 3.8) is 0 Å². The van der Waals surface area contributed by atoms with Crippen LogP contribution < -0.4 is 0 Å². The van der Waals surface area contributed by atoms with Crippen LogP contribution in [0.2, 0.25) is 0 Å². The van der Waals surface area contributed by atoms with Crippen molar-refractivity contribution in [1.82, 2.24) is 9.55 Å². The van der Waals surface area contributed by atoms with Crippen LogP contribution in [0.5, 0.6) is 0 Å². The highest BCUT2D eigenvalue weighted by molar-refractivity contribution is 7.71. The Hall–Kier alpha value is -1.29. The summed E-state index contributed by atoms with van der Waals surface area (Å²) in [4.78, 5) is 4.06. The maximum Gasteiger partial charge on any atom is 0.135 e. The SMILES string of the molecule is Cn1cnc2cccc(F)c2c1=S. The van der Waals surface area contributed by atoms with E-state index in [2.05, 4.69) is 4.98 Å². The van der Waals surface area contributed by atoms with Gasteiger partial charge in [-0.15, -0.1) is 0 Å². The van der Waals surface area contributed by atoms with Crippen molar-refractivity contribution in [1.29, 1.82) is 0 Å². The summed E-state index contributed by atoms with van der Waals surface area (Å²) in [5.41, 5.74) is 0.600. The first kappa shape index (κ1) is 8.31. The van der Waals surface area contributed by atoms with E-state index in [9.17, 15) is 4.39 Å². The average molecular weight is 194 g/mol. The Kier molecular flexibility index (Phi) is 1.84. The highest BCUT2D eigenvalue weighted by Crippen LogP contribution is 2.15. The first-order valence-electron chi connectivity index (χ1n) is 3.80. The first-order valence-corrected chi connectivity index (χ1v) is 4.21. The lowest BCUT2D eigenvalue weighted by Gasteiger charge is -2.02. The molecule has 4 heteroatoms. The molecule has 2 rings (SSSR count). The van der Waals surface area contributed by atoms with Crippen molar-refractivity contribution in [3.8, 4) is 0 Å². The van der Waals surface area contributed by atoms with Gasteiger partial charge in [0, 0.05) is 7.05 Å². The monoisotopic (exact) mass is 194 g/mol. The Labute approximate surface area is 79.7 Å². The zero-order valence-electron chi connectivity index (χ0n) is 6.99.